The molecular formula is C12H23NO2S2. The Labute approximate surface area is 112 Å². The van der Waals surface area contributed by atoms with E-state index in [-0.39, 0.29) is 11.6 Å². The van der Waals surface area contributed by atoms with Gasteiger partial charge in [-0.25, -0.2) is 4.79 Å². The Balaban J connectivity index is 2.11. The van der Waals surface area contributed by atoms with E-state index in [1.54, 1.807) is 0 Å². The number of hydrogen-bond acceptors (Lipinski definition) is 4. The molecule has 1 heterocycles. The molecule has 1 N–H and O–H groups in total. The van der Waals surface area contributed by atoms with E-state index in [1.807, 2.05) is 21.6 Å². The summed E-state index contributed by atoms with van der Waals surface area (Å²) in [4.78, 5) is 11.6. The number of rotatable bonds is 6. The average Bonchev–Trinajstić information content (AvgIpc) is 2.29. The Kier molecular flexibility index (Phi) is 7.19. The van der Waals surface area contributed by atoms with Gasteiger partial charge in [-0.15, -0.1) is 0 Å². The highest BCUT2D eigenvalue weighted by Gasteiger charge is 2.29. The van der Waals surface area contributed by atoms with Gasteiger partial charge in [0.15, 0.2) is 0 Å². The van der Waals surface area contributed by atoms with Crippen LogP contribution in [0.2, 0.25) is 0 Å². The van der Waals surface area contributed by atoms with Crippen LogP contribution < -0.4 is 5.32 Å². The van der Waals surface area contributed by atoms with Crippen LogP contribution in [0, 0.1) is 0 Å². The van der Waals surface area contributed by atoms with Crippen molar-refractivity contribution in [1.82, 2.24) is 5.32 Å². The highest BCUT2D eigenvalue weighted by molar-refractivity contribution is 8.76. The monoisotopic (exact) mass is 277 g/mol. The number of carbonyl (C=O) groups excluding carboxylic acids is 1. The first kappa shape index (κ1) is 15.0. The van der Waals surface area contributed by atoms with E-state index in [4.69, 9.17) is 4.74 Å². The van der Waals surface area contributed by atoms with Crippen LogP contribution in [0.1, 0.15) is 46.0 Å². The van der Waals surface area contributed by atoms with Crippen LogP contribution in [0.15, 0.2) is 0 Å². The van der Waals surface area contributed by atoms with Crippen LogP contribution in [0.5, 0.6) is 0 Å². The topological polar surface area (TPSA) is 38.3 Å². The second-order valence-electron chi connectivity index (χ2n) is 4.72. The van der Waals surface area contributed by atoms with Crippen LogP contribution >= 0.6 is 21.6 Å². The van der Waals surface area contributed by atoms with Crippen molar-refractivity contribution in [2.75, 3.05) is 18.1 Å². The number of amides is 1. The number of ether oxygens (including phenoxy) is 1. The van der Waals surface area contributed by atoms with E-state index < -0.39 is 0 Å². The lowest BCUT2D eigenvalue weighted by Gasteiger charge is -2.32. The van der Waals surface area contributed by atoms with Gasteiger partial charge in [-0.2, -0.15) is 0 Å². The van der Waals surface area contributed by atoms with E-state index in [0.29, 0.717) is 6.61 Å². The summed E-state index contributed by atoms with van der Waals surface area (Å²) in [6.07, 6.45) is 5.32. The van der Waals surface area contributed by atoms with Crippen LogP contribution in [0.25, 0.3) is 0 Å². The van der Waals surface area contributed by atoms with Crippen LogP contribution in [-0.4, -0.2) is 29.7 Å². The lowest BCUT2D eigenvalue weighted by atomic mass is 10.0. The molecule has 1 unspecified atom stereocenters. The lowest BCUT2D eigenvalue weighted by molar-refractivity contribution is 0.134. The molecule has 1 amide bonds. The van der Waals surface area contributed by atoms with Crippen molar-refractivity contribution < 1.29 is 9.53 Å². The zero-order valence-electron chi connectivity index (χ0n) is 10.8. The fourth-order valence-electron chi connectivity index (χ4n) is 1.64. The maximum Gasteiger partial charge on any atom is 0.407 e. The van der Waals surface area contributed by atoms with Gasteiger partial charge in [-0.1, -0.05) is 47.8 Å². The SMILES string of the molecule is CCCCCCOC(=O)NC1(C)CCSSC1. The molecule has 1 fully saturated rings. The van der Waals surface area contributed by atoms with E-state index in [9.17, 15) is 4.79 Å². The molecule has 5 heteroatoms. The largest absolute Gasteiger partial charge is 0.450 e. The number of nitrogens with one attached hydrogen (secondary N) is 1. The first-order valence-electron chi connectivity index (χ1n) is 6.36. The zero-order chi connectivity index (χ0) is 12.6. The van der Waals surface area contributed by atoms with Gasteiger partial charge in [0.05, 0.1) is 12.1 Å². The Morgan fingerprint density at radius 2 is 2.18 bits per heavy atom. The van der Waals surface area contributed by atoms with Gasteiger partial charge in [0.2, 0.25) is 0 Å². The van der Waals surface area contributed by atoms with Crippen LogP contribution in [0.4, 0.5) is 4.79 Å². The quantitative estimate of drug-likeness (QED) is 0.591. The van der Waals surface area contributed by atoms with Crippen molar-refractivity contribution >= 4 is 27.7 Å². The summed E-state index contributed by atoms with van der Waals surface area (Å²) in [5.41, 5.74) is -0.0869. The van der Waals surface area contributed by atoms with Gasteiger partial charge in [0.25, 0.3) is 0 Å². The standard InChI is InChI=1S/C12H23NO2S2/c1-3-4-5-6-8-15-11(14)13-12(2)7-9-16-17-10-12/h3-10H2,1-2H3,(H,13,14). The summed E-state index contributed by atoms with van der Waals surface area (Å²) in [6, 6.07) is 0. The number of hydrogen-bond donors (Lipinski definition) is 1. The second kappa shape index (κ2) is 8.14. The Morgan fingerprint density at radius 1 is 1.35 bits per heavy atom. The molecule has 0 bridgehead atoms. The number of carbonyl (C=O) groups is 1. The molecule has 1 saturated heterocycles. The van der Waals surface area contributed by atoms with Crippen LogP contribution in [0.3, 0.4) is 0 Å². The Morgan fingerprint density at radius 3 is 2.82 bits per heavy atom. The fourth-order valence-corrected chi connectivity index (χ4v) is 4.49. The molecule has 0 aliphatic carbocycles. The maximum atomic E-state index is 11.6. The summed E-state index contributed by atoms with van der Waals surface area (Å²) in [5.74, 6) is 2.06. The highest BCUT2D eigenvalue weighted by Crippen LogP contribution is 2.34. The molecule has 0 spiro atoms. The summed E-state index contributed by atoms with van der Waals surface area (Å²) in [5, 5.41) is 2.99. The van der Waals surface area contributed by atoms with Crippen LogP contribution in [-0.2, 0) is 4.74 Å². The maximum absolute atomic E-state index is 11.6. The third kappa shape index (κ3) is 6.46. The Hall–Kier alpha value is -0.0300. The number of alkyl carbamates (subject to hydrolysis) is 1. The highest BCUT2D eigenvalue weighted by atomic mass is 33.1. The molecule has 1 rings (SSSR count). The molecule has 100 valence electrons. The van der Waals surface area contributed by atoms with Crippen molar-refractivity contribution in [3.63, 3.8) is 0 Å². The zero-order valence-corrected chi connectivity index (χ0v) is 12.4. The fraction of sp³-hybridized carbons (Fsp3) is 0.917. The van der Waals surface area contributed by atoms with Gasteiger partial charge in [0.1, 0.15) is 0 Å². The molecule has 1 atom stereocenters. The molecule has 0 saturated carbocycles. The third-order valence-corrected chi connectivity index (χ3v) is 5.48. The Bertz CT molecular complexity index is 231. The van der Waals surface area contributed by atoms with Gasteiger partial charge in [-0.05, 0) is 19.8 Å². The van der Waals surface area contributed by atoms with Crippen molar-refractivity contribution in [2.45, 2.75) is 51.5 Å². The second-order valence-corrected chi connectivity index (χ2v) is 7.30. The van der Waals surface area contributed by atoms with Crippen molar-refractivity contribution in [3.05, 3.63) is 0 Å². The summed E-state index contributed by atoms with van der Waals surface area (Å²) >= 11 is 0. The van der Waals surface area contributed by atoms with Gasteiger partial charge in [-0.3, -0.25) is 0 Å². The number of unbranched alkanes of at least 4 members (excludes halogenated alkanes) is 3. The molecule has 17 heavy (non-hydrogen) atoms. The summed E-state index contributed by atoms with van der Waals surface area (Å²) in [7, 11) is 3.70. The molecule has 0 aromatic carbocycles. The van der Waals surface area contributed by atoms with Gasteiger partial charge in [0, 0.05) is 11.5 Å². The van der Waals surface area contributed by atoms with E-state index in [1.165, 1.54) is 12.8 Å². The first-order chi connectivity index (χ1) is 8.16. The van der Waals surface area contributed by atoms with Gasteiger partial charge >= 0.3 is 6.09 Å². The average molecular weight is 277 g/mol. The van der Waals surface area contributed by atoms with Crippen molar-refractivity contribution in [1.29, 1.82) is 0 Å². The smallest absolute Gasteiger partial charge is 0.407 e. The van der Waals surface area contributed by atoms with Crippen molar-refractivity contribution in [3.8, 4) is 0 Å². The summed E-state index contributed by atoms with van der Waals surface area (Å²) in [6.45, 7) is 4.81. The van der Waals surface area contributed by atoms with Crippen molar-refractivity contribution in [2.24, 2.45) is 0 Å². The summed E-state index contributed by atoms with van der Waals surface area (Å²) < 4.78 is 5.19. The molecule has 3 nitrogen and oxygen atoms in total. The minimum atomic E-state index is -0.253. The molecular weight excluding hydrogens is 254 g/mol. The van der Waals surface area contributed by atoms with Gasteiger partial charge < -0.3 is 10.1 Å². The lowest BCUT2D eigenvalue weighted by Crippen LogP contribution is -2.49. The predicted molar refractivity (Wildman–Crippen MR) is 76.6 cm³/mol. The van der Waals surface area contributed by atoms with E-state index in [0.717, 1.165) is 30.8 Å². The molecule has 0 aromatic rings. The molecule has 1 aliphatic heterocycles. The molecule has 0 aromatic heterocycles. The first-order valence-corrected chi connectivity index (χ1v) is 8.84. The predicted octanol–water partition coefficient (Wildman–Crippen LogP) is 3.84. The third-order valence-electron chi connectivity index (χ3n) is 2.83. The normalized spacial score (nSPS) is 24.4. The minimum Gasteiger partial charge on any atom is -0.450 e. The minimum absolute atomic E-state index is 0.0869. The van der Waals surface area contributed by atoms with E-state index in [2.05, 4.69) is 19.2 Å². The van der Waals surface area contributed by atoms with E-state index >= 15 is 0 Å². The molecule has 1 aliphatic rings. The molecule has 0 radical (unpaired) electrons.